The first-order valence-electron chi connectivity index (χ1n) is 4.64. The molecule has 84 valence electrons. The van der Waals surface area contributed by atoms with Gasteiger partial charge in [-0.3, -0.25) is 0 Å². The molecule has 0 atom stereocenters. The Hall–Kier alpha value is -2.32. The van der Waals surface area contributed by atoms with Crippen molar-refractivity contribution in [3.8, 4) is 17.7 Å². The van der Waals surface area contributed by atoms with Crippen molar-refractivity contribution in [2.45, 2.75) is 0 Å². The van der Waals surface area contributed by atoms with Gasteiger partial charge in [-0.1, -0.05) is 11.6 Å². The van der Waals surface area contributed by atoms with Crippen LogP contribution in [-0.2, 0) is 0 Å². The van der Waals surface area contributed by atoms with Crippen molar-refractivity contribution in [3.63, 3.8) is 0 Å². The van der Waals surface area contributed by atoms with Crippen LogP contribution in [0.1, 0.15) is 5.69 Å². The molecular formula is C11H7ClN4O. The highest BCUT2D eigenvalue weighted by molar-refractivity contribution is 6.33. The van der Waals surface area contributed by atoms with Crippen LogP contribution in [0.2, 0.25) is 5.02 Å². The highest BCUT2D eigenvalue weighted by atomic mass is 35.5. The normalized spacial score (nSPS) is 9.65. The Kier molecular flexibility index (Phi) is 3.08. The fourth-order valence-corrected chi connectivity index (χ4v) is 1.29. The van der Waals surface area contributed by atoms with Gasteiger partial charge in [-0.25, -0.2) is 9.97 Å². The highest BCUT2D eigenvalue weighted by Gasteiger charge is 2.02. The summed E-state index contributed by atoms with van der Waals surface area (Å²) in [6.45, 7) is 0. The Morgan fingerprint density at radius 3 is 2.71 bits per heavy atom. The summed E-state index contributed by atoms with van der Waals surface area (Å²) in [5, 5.41) is 8.97. The summed E-state index contributed by atoms with van der Waals surface area (Å²) < 4.78 is 5.39. The maximum absolute atomic E-state index is 8.56. The largest absolute Gasteiger partial charge is 0.437 e. The van der Waals surface area contributed by atoms with Crippen LogP contribution in [-0.4, -0.2) is 9.97 Å². The Morgan fingerprint density at radius 1 is 1.29 bits per heavy atom. The lowest BCUT2D eigenvalue weighted by Gasteiger charge is -2.05. The second-order valence-corrected chi connectivity index (χ2v) is 3.54. The Labute approximate surface area is 102 Å². The fraction of sp³-hybridized carbons (Fsp3) is 0. The van der Waals surface area contributed by atoms with E-state index in [1.807, 2.05) is 6.07 Å². The average molecular weight is 247 g/mol. The van der Waals surface area contributed by atoms with Crippen LogP contribution in [0.5, 0.6) is 11.6 Å². The van der Waals surface area contributed by atoms with Gasteiger partial charge in [-0.2, -0.15) is 5.26 Å². The van der Waals surface area contributed by atoms with Gasteiger partial charge in [0.1, 0.15) is 11.8 Å². The van der Waals surface area contributed by atoms with Crippen LogP contribution in [0.15, 0.2) is 30.6 Å². The van der Waals surface area contributed by atoms with E-state index >= 15 is 0 Å². The van der Waals surface area contributed by atoms with Gasteiger partial charge in [-0.15, -0.1) is 0 Å². The number of rotatable bonds is 2. The molecule has 2 aromatic rings. The molecule has 0 radical (unpaired) electrons. The van der Waals surface area contributed by atoms with Crippen LogP contribution in [0.25, 0.3) is 0 Å². The molecule has 1 aromatic carbocycles. The molecule has 0 aliphatic heterocycles. The number of nitrogen functional groups attached to an aromatic ring is 1. The summed E-state index contributed by atoms with van der Waals surface area (Å²) in [4.78, 5) is 7.74. The summed E-state index contributed by atoms with van der Waals surface area (Å²) in [6.07, 6.45) is 2.69. The van der Waals surface area contributed by atoms with Gasteiger partial charge in [0.05, 0.1) is 23.1 Å². The standard InChI is InChI=1S/C11H7ClN4O/c12-9-3-8(1-2-10(9)14)17-11-6-15-7(4-13)5-16-11/h1-3,5-6H,14H2. The van der Waals surface area contributed by atoms with Crippen LogP contribution in [0.4, 0.5) is 5.69 Å². The minimum atomic E-state index is 0.229. The molecule has 0 aliphatic carbocycles. The van der Waals surface area contributed by atoms with Crippen molar-refractivity contribution in [3.05, 3.63) is 41.3 Å². The lowest BCUT2D eigenvalue weighted by Crippen LogP contribution is -1.92. The second-order valence-electron chi connectivity index (χ2n) is 3.14. The maximum atomic E-state index is 8.56. The molecule has 0 aliphatic rings. The van der Waals surface area contributed by atoms with Gasteiger partial charge in [0.2, 0.25) is 5.88 Å². The van der Waals surface area contributed by atoms with Crippen molar-refractivity contribution in [2.75, 3.05) is 5.73 Å². The summed E-state index contributed by atoms with van der Waals surface area (Å²) >= 11 is 5.84. The van der Waals surface area contributed by atoms with Crippen molar-refractivity contribution in [1.29, 1.82) is 5.26 Å². The number of benzene rings is 1. The topological polar surface area (TPSA) is 84.8 Å². The number of nitriles is 1. The number of nitrogens with zero attached hydrogens (tertiary/aromatic N) is 3. The van der Waals surface area contributed by atoms with Gasteiger partial charge in [0.25, 0.3) is 0 Å². The minimum Gasteiger partial charge on any atom is -0.437 e. The molecule has 0 bridgehead atoms. The molecule has 17 heavy (non-hydrogen) atoms. The molecule has 1 heterocycles. The van der Waals surface area contributed by atoms with E-state index in [0.29, 0.717) is 16.5 Å². The third kappa shape index (κ3) is 2.62. The number of hydrogen-bond donors (Lipinski definition) is 1. The monoisotopic (exact) mass is 246 g/mol. The molecule has 5 nitrogen and oxygen atoms in total. The quantitative estimate of drug-likeness (QED) is 0.823. The molecule has 1 aromatic heterocycles. The van der Waals surface area contributed by atoms with E-state index in [-0.39, 0.29) is 11.6 Å². The summed E-state index contributed by atoms with van der Waals surface area (Å²) in [5.74, 6) is 0.785. The maximum Gasteiger partial charge on any atom is 0.237 e. The molecule has 0 spiro atoms. The zero-order valence-electron chi connectivity index (χ0n) is 8.59. The number of aromatic nitrogens is 2. The van der Waals surface area contributed by atoms with E-state index in [2.05, 4.69) is 9.97 Å². The molecule has 0 unspecified atom stereocenters. The highest BCUT2D eigenvalue weighted by Crippen LogP contribution is 2.26. The predicted octanol–water partition coefficient (Wildman–Crippen LogP) is 2.38. The van der Waals surface area contributed by atoms with E-state index in [1.165, 1.54) is 12.4 Å². The first-order valence-corrected chi connectivity index (χ1v) is 5.02. The van der Waals surface area contributed by atoms with Gasteiger partial charge >= 0.3 is 0 Å². The molecule has 0 saturated carbocycles. The molecular weight excluding hydrogens is 240 g/mol. The summed E-state index contributed by atoms with van der Waals surface area (Å²) in [5.41, 5.74) is 6.27. The molecule has 0 saturated heterocycles. The van der Waals surface area contributed by atoms with E-state index < -0.39 is 0 Å². The smallest absolute Gasteiger partial charge is 0.237 e. The average Bonchev–Trinajstić information content (AvgIpc) is 2.35. The number of halogens is 1. The van der Waals surface area contributed by atoms with E-state index in [1.54, 1.807) is 18.2 Å². The first kappa shape index (κ1) is 11.2. The SMILES string of the molecule is N#Cc1cnc(Oc2ccc(N)c(Cl)c2)cn1. The number of ether oxygens (including phenoxy) is 1. The zero-order chi connectivity index (χ0) is 12.3. The second kappa shape index (κ2) is 4.68. The third-order valence-corrected chi connectivity index (χ3v) is 2.26. The van der Waals surface area contributed by atoms with Crippen LogP contribution >= 0.6 is 11.6 Å². The molecule has 6 heteroatoms. The Balaban J connectivity index is 2.20. The van der Waals surface area contributed by atoms with Crippen molar-refractivity contribution >= 4 is 17.3 Å². The van der Waals surface area contributed by atoms with E-state index in [0.717, 1.165) is 0 Å². The first-order chi connectivity index (χ1) is 8.19. The molecule has 0 amide bonds. The zero-order valence-corrected chi connectivity index (χ0v) is 9.35. The van der Waals surface area contributed by atoms with Crippen molar-refractivity contribution < 1.29 is 4.74 Å². The van der Waals surface area contributed by atoms with Crippen LogP contribution in [0, 0.1) is 11.3 Å². The molecule has 0 fully saturated rings. The Morgan fingerprint density at radius 2 is 2.12 bits per heavy atom. The molecule has 2 N–H and O–H groups in total. The van der Waals surface area contributed by atoms with Gasteiger partial charge in [0.15, 0.2) is 5.69 Å². The number of nitrogens with two attached hydrogens (primary N) is 1. The van der Waals surface area contributed by atoms with Crippen molar-refractivity contribution in [2.24, 2.45) is 0 Å². The number of hydrogen-bond acceptors (Lipinski definition) is 5. The summed E-state index contributed by atoms with van der Waals surface area (Å²) in [7, 11) is 0. The number of anilines is 1. The van der Waals surface area contributed by atoms with Gasteiger partial charge in [-0.05, 0) is 12.1 Å². The van der Waals surface area contributed by atoms with Crippen LogP contribution < -0.4 is 10.5 Å². The van der Waals surface area contributed by atoms with E-state index in [9.17, 15) is 0 Å². The lowest BCUT2D eigenvalue weighted by molar-refractivity contribution is 0.460. The third-order valence-electron chi connectivity index (χ3n) is 1.94. The minimum absolute atomic E-state index is 0.229. The van der Waals surface area contributed by atoms with E-state index in [4.69, 9.17) is 27.3 Å². The Bertz CT molecular complexity index is 577. The van der Waals surface area contributed by atoms with Gasteiger partial charge in [0, 0.05) is 6.07 Å². The fourth-order valence-electron chi connectivity index (χ4n) is 1.12. The van der Waals surface area contributed by atoms with Crippen LogP contribution in [0.3, 0.4) is 0 Å². The molecule has 2 rings (SSSR count). The van der Waals surface area contributed by atoms with Gasteiger partial charge < -0.3 is 10.5 Å². The lowest BCUT2D eigenvalue weighted by atomic mass is 10.3. The predicted molar refractivity (Wildman–Crippen MR) is 62.7 cm³/mol. The van der Waals surface area contributed by atoms with Crippen molar-refractivity contribution in [1.82, 2.24) is 9.97 Å². The summed E-state index contributed by atoms with van der Waals surface area (Å²) in [6, 6.07) is 6.75.